The monoisotopic (exact) mass is 159 g/mol. The van der Waals surface area contributed by atoms with Crippen molar-refractivity contribution in [3.8, 4) is 0 Å². The molecule has 0 aromatic heterocycles. The fourth-order valence-corrected chi connectivity index (χ4v) is 1.15. The van der Waals surface area contributed by atoms with Crippen LogP contribution in [0.25, 0.3) is 0 Å². The Morgan fingerprint density at radius 2 is 2.09 bits per heavy atom. The van der Waals surface area contributed by atoms with Crippen LogP contribution in [0.3, 0.4) is 0 Å². The summed E-state index contributed by atoms with van der Waals surface area (Å²) < 4.78 is 10.1. The van der Waals surface area contributed by atoms with Crippen molar-refractivity contribution < 1.29 is 14.3 Å². The van der Waals surface area contributed by atoms with Crippen LogP contribution in [0.5, 0.6) is 0 Å². The van der Waals surface area contributed by atoms with Crippen molar-refractivity contribution in [3.63, 3.8) is 0 Å². The van der Waals surface area contributed by atoms with E-state index < -0.39 is 11.7 Å². The first kappa shape index (κ1) is 8.33. The normalized spacial score (nSPS) is 22.6. The second-order valence-electron chi connectivity index (χ2n) is 2.98. The van der Waals surface area contributed by atoms with Crippen LogP contribution in [0.2, 0.25) is 0 Å². The van der Waals surface area contributed by atoms with E-state index in [4.69, 9.17) is 15.2 Å². The number of rotatable bonds is 1. The average molecular weight is 159 g/mol. The standard InChI is InChI=1S/C7H13NO3/c1-7(11-6(8)9)2-4-10-5-3-7/h2-5H2,1H3,(H2,8,9). The molecule has 2 N–H and O–H groups in total. The number of amides is 1. The number of hydrogen-bond donors (Lipinski definition) is 1. The summed E-state index contributed by atoms with van der Waals surface area (Å²) in [7, 11) is 0. The molecule has 0 unspecified atom stereocenters. The van der Waals surface area contributed by atoms with Gasteiger partial charge in [0.15, 0.2) is 0 Å². The van der Waals surface area contributed by atoms with Crippen LogP contribution >= 0.6 is 0 Å². The van der Waals surface area contributed by atoms with Gasteiger partial charge in [0.2, 0.25) is 0 Å². The molecular weight excluding hydrogens is 146 g/mol. The van der Waals surface area contributed by atoms with E-state index in [0.29, 0.717) is 13.2 Å². The molecule has 0 bridgehead atoms. The predicted molar refractivity (Wildman–Crippen MR) is 39.1 cm³/mol. The molecule has 0 radical (unpaired) electrons. The molecule has 11 heavy (non-hydrogen) atoms. The molecule has 0 spiro atoms. The van der Waals surface area contributed by atoms with Crippen LogP contribution in [0, 0.1) is 0 Å². The molecule has 1 heterocycles. The molecule has 0 aliphatic carbocycles. The highest BCUT2D eigenvalue weighted by Crippen LogP contribution is 2.23. The van der Waals surface area contributed by atoms with E-state index in [0.717, 1.165) is 12.8 Å². The van der Waals surface area contributed by atoms with Crippen molar-refractivity contribution in [2.45, 2.75) is 25.4 Å². The summed E-state index contributed by atoms with van der Waals surface area (Å²) in [6.07, 6.45) is 0.765. The van der Waals surface area contributed by atoms with E-state index in [1.54, 1.807) is 0 Å². The second kappa shape index (κ2) is 3.09. The molecule has 1 aliphatic heterocycles. The second-order valence-corrected chi connectivity index (χ2v) is 2.98. The van der Waals surface area contributed by atoms with Gasteiger partial charge in [0.05, 0.1) is 13.2 Å². The zero-order valence-corrected chi connectivity index (χ0v) is 6.63. The zero-order valence-electron chi connectivity index (χ0n) is 6.63. The van der Waals surface area contributed by atoms with Gasteiger partial charge in [0.1, 0.15) is 5.60 Å². The summed E-state index contributed by atoms with van der Waals surface area (Å²) in [4.78, 5) is 10.4. The van der Waals surface area contributed by atoms with Crippen molar-refractivity contribution in [3.05, 3.63) is 0 Å². The van der Waals surface area contributed by atoms with Crippen LogP contribution in [0.4, 0.5) is 4.79 Å². The molecule has 0 atom stereocenters. The number of carbonyl (C=O) groups excluding carboxylic acids is 1. The molecule has 4 nitrogen and oxygen atoms in total. The smallest absolute Gasteiger partial charge is 0.405 e. The first-order valence-corrected chi connectivity index (χ1v) is 3.69. The first-order chi connectivity index (χ1) is 5.12. The molecule has 64 valence electrons. The molecule has 1 saturated heterocycles. The highest BCUT2D eigenvalue weighted by molar-refractivity contribution is 5.65. The van der Waals surface area contributed by atoms with Gasteiger partial charge in [-0.15, -0.1) is 0 Å². The average Bonchev–Trinajstić information content (AvgIpc) is 1.85. The number of carbonyl (C=O) groups is 1. The van der Waals surface area contributed by atoms with Crippen molar-refractivity contribution >= 4 is 6.09 Å². The lowest BCUT2D eigenvalue weighted by atomic mass is 9.97. The fourth-order valence-electron chi connectivity index (χ4n) is 1.15. The van der Waals surface area contributed by atoms with Gasteiger partial charge in [-0.25, -0.2) is 4.79 Å². The third-order valence-corrected chi connectivity index (χ3v) is 1.90. The lowest BCUT2D eigenvalue weighted by Crippen LogP contribution is -2.39. The minimum absolute atomic E-state index is 0.399. The van der Waals surface area contributed by atoms with E-state index in [1.807, 2.05) is 6.92 Å². The van der Waals surface area contributed by atoms with Crippen LogP contribution in [-0.2, 0) is 9.47 Å². The SMILES string of the molecule is CC1(OC(N)=O)CCOCC1. The minimum atomic E-state index is -0.700. The van der Waals surface area contributed by atoms with Crippen LogP contribution < -0.4 is 5.73 Å². The van der Waals surface area contributed by atoms with Gasteiger partial charge in [0.25, 0.3) is 0 Å². The Morgan fingerprint density at radius 1 is 1.55 bits per heavy atom. The third kappa shape index (κ3) is 2.38. The van der Waals surface area contributed by atoms with Gasteiger partial charge in [-0.05, 0) is 6.92 Å². The minimum Gasteiger partial charge on any atom is -0.443 e. The third-order valence-electron chi connectivity index (χ3n) is 1.90. The Morgan fingerprint density at radius 3 is 2.55 bits per heavy atom. The summed E-state index contributed by atoms with van der Waals surface area (Å²) in [5.74, 6) is 0. The van der Waals surface area contributed by atoms with Crippen molar-refractivity contribution in [2.24, 2.45) is 5.73 Å². The number of nitrogens with two attached hydrogens (primary N) is 1. The molecule has 1 amide bonds. The Kier molecular flexibility index (Phi) is 2.34. The molecule has 0 saturated carbocycles. The van der Waals surface area contributed by atoms with Gasteiger partial charge in [0, 0.05) is 12.8 Å². The lowest BCUT2D eigenvalue weighted by molar-refractivity contribution is -0.0566. The summed E-state index contributed by atoms with van der Waals surface area (Å²) in [5.41, 5.74) is 4.51. The van der Waals surface area contributed by atoms with E-state index in [2.05, 4.69) is 0 Å². The fraction of sp³-hybridized carbons (Fsp3) is 0.857. The van der Waals surface area contributed by atoms with Crippen molar-refractivity contribution in [2.75, 3.05) is 13.2 Å². The van der Waals surface area contributed by atoms with Gasteiger partial charge in [-0.3, -0.25) is 0 Å². The first-order valence-electron chi connectivity index (χ1n) is 3.69. The Balaban J connectivity index is 2.43. The van der Waals surface area contributed by atoms with Gasteiger partial charge >= 0.3 is 6.09 Å². The van der Waals surface area contributed by atoms with Crippen molar-refractivity contribution in [1.29, 1.82) is 0 Å². The Labute approximate surface area is 65.7 Å². The highest BCUT2D eigenvalue weighted by Gasteiger charge is 2.30. The molecule has 1 fully saturated rings. The lowest BCUT2D eigenvalue weighted by Gasteiger charge is -2.32. The maximum absolute atomic E-state index is 10.4. The quantitative estimate of drug-likeness (QED) is 0.611. The molecular formula is C7H13NO3. The van der Waals surface area contributed by atoms with Gasteiger partial charge in [-0.1, -0.05) is 0 Å². The van der Waals surface area contributed by atoms with Crippen LogP contribution in [0.1, 0.15) is 19.8 Å². The molecule has 1 rings (SSSR count). The molecule has 0 aromatic rings. The number of hydrogen-bond acceptors (Lipinski definition) is 3. The highest BCUT2D eigenvalue weighted by atomic mass is 16.6. The zero-order chi connectivity index (χ0) is 8.32. The van der Waals surface area contributed by atoms with E-state index in [9.17, 15) is 4.79 Å². The largest absolute Gasteiger partial charge is 0.443 e. The number of ether oxygens (including phenoxy) is 2. The van der Waals surface area contributed by atoms with E-state index >= 15 is 0 Å². The Hall–Kier alpha value is -0.770. The molecule has 1 aliphatic rings. The molecule has 0 aromatic carbocycles. The van der Waals surface area contributed by atoms with E-state index in [-0.39, 0.29) is 0 Å². The van der Waals surface area contributed by atoms with Crippen LogP contribution in [0.15, 0.2) is 0 Å². The summed E-state index contributed by atoms with van der Waals surface area (Å²) in [5, 5.41) is 0. The topological polar surface area (TPSA) is 61.5 Å². The summed E-state index contributed by atoms with van der Waals surface area (Å²) >= 11 is 0. The van der Waals surface area contributed by atoms with Crippen molar-refractivity contribution in [1.82, 2.24) is 0 Å². The predicted octanol–water partition coefficient (Wildman–Crippen LogP) is 0.651. The van der Waals surface area contributed by atoms with E-state index in [1.165, 1.54) is 0 Å². The number of primary amides is 1. The molecule has 4 heteroatoms. The van der Waals surface area contributed by atoms with Crippen LogP contribution in [-0.4, -0.2) is 24.9 Å². The summed E-state index contributed by atoms with van der Waals surface area (Å²) in [6.45, 7) is 3.16. The Bertz CT molecular complexity index is 152. The maximum atomic E-state index is 10.4. The maximum Gasteiger partial charge on any atom is 0.405 e. The van der Waals surface area contributed by atoms with Gasteiger partial charge < -0.3 is 15.2 Å². The summed E-state index contributed by atoms with van der Waals surface area (Å²) in [6, 6.07) is 0. The van der Waals surface area contributed by atoms with Gasteiger partial charge in [-0.2, -0.15) is 0 Å².